The Labute approximate surface area is 372 Å². The molecule has 0 saturated heterocycles. The zero-order valence-corrected chi connectivity index (χ0v) is 36.0. The van der Waals surface area contributed by atoms with Crippen molar-refractivity contribution in [1.82, 2.24) is 0 Å². The topological polar surface area (TPSA) is 6.48 Å². The van der Waals surface area contributed by atoms with Crippen LogP contribution >= 0.6 is 0 Å². The van der Waals surface area contributed by atoms with E-state index in [1.54, 1.807) is 0 Å². The fourth-order valence-corrected chi connectivity index (χ4v) is 10.6. The molecule has 0 spiro atoms. The van der Waals surface area contributed by atoms with Crippen molar-refractivity contribution >= 4 is 44.9 Å². The smallest absolute Gasteiger partial charge is 0.0540 e. The van der Waals surface area contributed by atoms with Crippen LogP contribution < -0.4 is 9.80 Å². The van der Waals surface area contributed by atoms with Gasteiger partial charge in [0.15, 0.2) is 0 Å². The maximum absolute atomic E-state index is 2.44. The van der Waals surface area contributed by atoms with Crippen molar-refractivity contribution in [1.29, 1.82) is 0 Å². The Hall–Kier alpha value is -7.42. The van der Waals surface area contributed by atoms with E-state index < -0.39 is 0 Å². The average molecular weight is 811 g/mol. The zero-order valence-electron chi connectivity index (χ0n) is 36.0. The Morgan fingerprint density at radius 2 is 0.968 bits per heavy atom. The third-order valence-corrected chi connectivity index (χ3v) is 13.8. The van der Waals surface area contributed by atoms with E-state index >= 15 is 0 Å². The minimum atomic E-state index is -0.152. The summed E-state index contributed by atoms with van der Waals surface area (Å²) in [6, 6.07) is 80.5. The highest BCUT2D eigenvalue weighted by Gasteiger charge is 2.38. The van der Waals surface area contributed by atoms with Crippen molar-refractivity contribution in [2.45, 2.75) is 43.9 Å². The van der Waals surface area contributed by atoms with Crippen LogP contribution in [0.1, 0.15) is 55.4 Å². The maximum Gasteiger partial charge on any atom is 0.0540 e. The van der Waals surface area contributed by atoms with Gasteiger partial charge >= 0.3 is 0 Å². The summed E-state index contributed by atoms with van der Waals surface area (Å²) in [5, 5.41) is 2.47. The van der Waals surface area contributed by atoms with Crippen molar-refractivity contribution in [3.05, 3.63) is 253 Å². The van der Waals surface area contributed by atoms with E-state index in [1.807, 2.05) is 0 Å². The molecular formula is C61H50N2. The molecular weight excluding hydrogens is 761 g/mol. The number of hydrogen-bond acceptors (Lipinski definition) is 2. The SMILES string of the molecule is CC1(C)c2cc(N(c3ccccc3)c3ccc(C4(c5ccc(N(c6ccccc6)c6cccc7ccccc67)cc5)CC=CCC4)cc3)ccc2-c2c(-c3ccccc3)cccc21. The number of para-hydroxylation sites is 2. The Morgan fingerprint density at radius 3 is 1.63 bits per heavy atom. The molecule has 11 rings (SSSR count). The number of hydrogen-bond donors (Lipinski definition) is 0. The number of allylic oxidation sites excluding steroid dienone is 2. The number of benzene rings is 9. The predicted octanol–water partition coefficient (Wildman–Crippen LogP) is 16.8. The van der Waals surface area contributed by atoms with Gasteiger partial charge in [-0.1, -0.05) is 178 Å². The molecule has 1 atom stereocenters. The van der Waals surface area contributed by atoms with Crippen LogP contribution in [0.25, 0.3) is 33.0 Å². The number of rotatable bonds is 9. The molecule has 0 aromatic heterocycles. The monoisotopic (exact) mass is 810 g/mol. The van der Waals surface area contributed by atoms with Crippen molar-refractivity contribution in [3.8, 4) is 22.3 Å². The van der Waals surface area contributed by atoms with Crippen LogP contribution in [-0.2, 0) is 10.8 Å². The lowest BCUT2D eigenvalue weighted by molar-refractivity contribution is 0.465. The van der Waals surface area contributed by atoms with Crippen LogP contribution in [0.15, 0.2) is 231 Å². The van der Waals surface area contributed by atoms with Gasteiger partial charge < -0.3 is 9.80 Å². The molecule has 0 fully saturated rings. The van der Waals surface area contributed by atoms with Crippen molar-refractivity contribution < 1.29 is 0 Å². The summed E-state index contributed by atoms with van der Waals surface area (Å²) in [6.07, 6.45) is 7.81. The summed E-state index contributed by atoms with van der Waals surface area (Å²) in [7, 11) is 0. The Bertz CT molecular complexity index is 3090. The summed E-state index contributed by atoms with van der Waals surface area (Å²) in [4.78, 5) is 4.82. The van der Waals surface area contributed by atoms with Gasteiger partial charge in [0.05, 0.1) is 5.69 Å². The molecule has 304 valence electrons. The van der Waals surface area contributed by atoms with Crippen LogP contribution in [0.4, 0.5) is 34.1 Å². The van der Waals surface area contributed by atoms with Gasteiger partial charge in [0.1, 0.15) is 0 Å². The second-order valence-electron chi connectivity index (χ2n) is 17.7. The van der Waals surface area contributed by atoms with Crippen LogP contribution in [-0.4, -0.2) is 0 Å². The molecule has 0 bridgehead atoms. The van der Waals surface area contributed by atoms with Gasteiger partial charge in [0, 0.05) is 44.7 Å². The van der Waals surface area contributed by atoms with Gasteiger partial charge in [0.2, 0.25) is 0 Å². The fraction of sp³-hybridized carbons (Fsp3) is 0.115. The molecule has 63 heavy (non-hydrogen) atoms. The first kappa shape index (κ1) is 38.5. The summed E-state index contributed by atoms with van der Waals surface area (Å²) < 4.78 is 0. The first-order valence-electron chi connectivity index (χ1n) is 22.4. The highest BCUT2D eigenvalue weighted by molar-refractivity contribution is 5.99. The van der Waals surface area contributed by atoms with E-state index in [0.717, 1.165) is 47.7 Å². The number of nitrogens with zero attached hydrogens (tertiary/aromatic N) is 2. The lowest BCUT2D eigenvalue weighted by Gasteiger charge is -2.37. The molecule has 0 N–H and O–H groups in total. The molecule has 0 heterocycles. The Kier molecular flexibility index (Phi) is 9.66. The molecule has 1 unspecified atom stereocenters. The van der Waals surface area contributed by atoms with Gasteiger partial charge in [-0.15, -0.1) is 0 Å². The lowest BCUT2D eigenvalue weighted by atomic mass is 9.67. The highest BCUT2D eigenvalue weighted by Crippen LogP contribution is 2.54. The Morgan fingerprint density at radius 1 is 0.413 bits per heavy atom. The molecule has 2 heteroatoms. The molecule has 2 aliphatic carbocycles. The van der Waals surface area contributed by atoms with Crippen LogP contribution in [0.3, 0.4) is 0 Å². The summed E-state index contributed by atoms with van der Waals surface area (Å²) >= 11 is 0. The van der Waals surface area contributed by atoms with Crippen molar-refractivity contribution in [2.24, 2.45) is 0 Å². The number of anilines is 6. The van der Waals surface area contributed by atoms with Crippen LogP contribution in [0.2, 0.25) is 0 Å². The van der Waals surface area contributed by atoms with Gasteiger partial charge in [-0.2, -0.15) is 0 Å². The van der Waals surface area contributed by atoms with E-state index in [4.69, 9.17) is 0 Å². The van der Waals surface area contributed by atoms with Gasteiger partial charge in [-0.05, 0) is 136 Å². The molecule has 9 aromatic rings. The van der Waals surface area contributed by atoms with E-state index in [0.29, 0.717) is 0 Å². The second-order valence-corrected chi connectivity index (χ2v) is 17.7. The molecule has 9 aromatic carbocycles. The van der Waals surface area contributed by atoms with Crippen LogP contribution in [0, 0.1) is 0 Å². The minimum Gasteiger partial charge on any atom is -0.310 e. The fourth-order valence-electron chi connectivity index (χ4n) is 10.6. The van der Waals surface area contributed by atoms with Crippen molar-refractivity contribution in [2.75, 3.05) is 9.80 Å². The molecule has 2 aliphatic rings. The Balaban J connectivity index is 0.968. The molecule has 2 nitrogen and oxygen atoms in total. The largest absolute Gasteiger partial charge is 0.310 e. The third kappa shape index (κ3) is 6.65. The first-order valence-corrected chi connectivity index (χ1v) is 22.4. The first-order chi connectivity index (χ1) is 31.0. The van der Waals surface area contributed by atoms with Gasteiger partial charge in [0.25, 0.3) is 0 Å². The molecule has 0 radical (unpaired) electrons. The zero-order chi connectivity index (χ0) is 42.4. The molecule has 0 aliphatic heterocycles. The molecule has 0 saturated carbocycles. The van der Waals surface area contributed by atoms with Crippen molar-refractivity contribution in [3.63, 3.8) is 0 Å². The third-order valence-electron chi connectivity index (χ3n) is 13.8. The van der Waals surface area contributed by atoms with Crippen LogP contribution in [0.5, 0.6) is 0 Å². The standard InChI is InChI=1S/C61H50N2/c1-60(2)56-29-18-28-54(45-19-7-3-8-20-45)59(56)55-40-39-52(43-57(55)60)62(48-23-9-4-10-24-48)50-35-31-46(32-36-50)61(41-15-6-16-42-61)47-33-37-51(38-34-47)63(49-25-11-5-12-26-49)58-30-17-22-44-21-13-14-27-53(44)58/h3-15,17-40,43H,16,41-42H2,1-2H3. The minimum absolute atomic E-state index is 0.139. The average Bonchev–Trinajstić information content (AvgIpc) is 3.58. The highest BCUT2D eigenvalue weighted by atomic mass is 15.1. The second kappa shape index (κ2) is 15.8. The summed E-state index contributed by atoms with van der Waals surface area (Å²) in [6.45, 7) is 4.76. The van der Waals surface area contributed by atoms with E-state index in [1.165, 1.54) is 61.0 Å². The number of fused-ring (bicyclic) bond motifs is 4. The lowest BCUT2D eigenvalue weighted by Crippen LogP contribution is -2.29. The van der Waals surface area contributed by atoms with Gasteiger partial charge in [-0.3, -0.25) is 0 Å². The maximum atomic E-state index is 2.44. The van der Waals surface area contributed by atoms with E-state index in [2.05, 4.69) is 254 Å². The molecule has 0 amide bonds. The van der Waals surface area contributed by atoms with E-state index in [9.17, 15) is 0 Å². The quantitative estimate of drug-likeness (QED) is 0.134. The summed E-state index contributed by atoms with van der Waals surface area (Å²) in [5.74, 6) is 0. The van der Waals surface area contributed by atoms with E-state index in [-0.39, 0.29) is 10.8 Å². The van der Waals surface area contributed by atoms with Gasteiger partial charge in [-0.25, -0.2) is 0 Å². The normalized spacial score (nSPS) is 16.0. The predicted molar refractivity (Wildman–Crippen MR) is 267 cm³/mol. The summed E-state index contributed by atoms with van der Waals surface area (Å²) in [5.41, 5.74) is 17.3.